The van der Waals surface area contributed by atoms with Crippen LogP contribution in [0.1, 0.15) is 60.9 Å². The number of hydrogen-bond acceptors (Lipinski definition) is 3. The Balaban J connectivity index is 1.70. The molecule has 1 aromatic rings. The Morgan fingerprint density at radius 2 is 1.90 bits per heavy atom. The molecule has 0 aliphatic heterocycles. The molecular weight excluding hydrogens is 362 g/mol. The number of benzene rings is 1. The van der Waals surface area contributed by atoms with Gasteiger partial charge in [0.2, 0.25) is 0 Å². The Kier molecular flexibility index (Phi) is 10.6. The van der Waals surface area contributed by atoms with E-state index in [1.54, 1.807) is 7.05 Å². The predicted octanol–water partition coefficient (Wildman–Crippen LogP) is 3.00. The molecule has 0 saturated heterocycles. The number of carbonyl (C=O) groups excluding carboxylic acids is 1. The van der Waals surface area contributed by atoms with Crippen LogP contribution in [-0.2, 0) is 6.54 Å². The maximum absolute atomic E-state index is 12.3. The molecule has 0 bridgehead atoms. The molecule has 6 nitrogen and oxygen atoms in total. The first-order chi connectivity index (χ1) is 14.1. The van der Waals surface area contributed by atoms with Crippen LogP contribution in [0.4, 0.5) is 0 Å². The van der Waals surface area contributed by atoms with Gasteiger partial charge in [0.1, 0.15) is 0 Å². The molecule has 0 aromatic heterocycles. The fourth-order valence-corrected chi connectivity index (χ4v) is 3.80. The Morgan fingerprint density at radius 3 is 2.62 bits per heavy atom. The highest BCUT2D eigenvalue weighted by Crippen LogP contribution is 2.26. The van der Waals surface area contributed by atoms with E-state index in [1.807, 2.05) is 43.3 Å². The molecule has 1 aliphatic rings. The van der Waals surface area contributed by atoms with Crippen LogP contribution in [0, 0.1) is 5.92 Å². The van der Waals surface area contributed by atoms with Gasteiger partial charge in [-0.15, -0.1) is 0 Å². The minimum atomic E-state index is -0.0288. The summed E-state index contributed by atoms with van der Waals surface area (Å²) in [5, 5.41) is 9.72. The van der Waals surface area contributed by atoms with Crippen molar-refractivity contribution in [3.05, 3.63) is 35.4 Å². The molecule has 0 spiro atoms. The van der Waals surface area contributed by atoms with Gasteiger partial charge < -0.3 is 20.9 Å². The lowest BCUT2D eigenvalue weighted by Crippen LogP contribution is -2.37. The molecule has 162 valence electrons. The highest BCUT2D eigenvalue weighted by Gasteiger charge is 2.12. The second-order valence-corrected chi connectivity index (χ2v) is 8.26. The van der Waals surface area contributed by atoms with E-state index in [4.69, 9.17) is 0 Å². The third-order valence-electron chi connectivity index (χ3n) is 5.52. The summed E-state index contributed by atoms with van der Waals surface area (Å²) in [7, 11) is 5.79. The molecule has 1 aromatic carbocycles. The maximum atomic E-state index is 12.3. The lowest BCUT2D eigenvalue weighted by molar-refractivity contribution is 0.0951. The van der Waals surface area contributed by atoms with E-state index in [2.05, 4.69) is 20.9 Å². The number of hydrogen-bond donors (Lipinski definition) is 3. The van der Waals surface area contributed by atoms with Gasteiger partial charge in [0.25, 0.3) is 5.91 Å². The number of rotatable bonds is 10. The predicted molar refractivity (Wildman–Crippen MR) is 121 cm³/mol. The molecule has 1 fully saturated rings. The smallest absolute Gasteiger partial charge is 0.251 e. The highest BCUT2D eigenvalue weighted by atomic mass is 16.1. The van der Waals surface area contributed by atoms with E-state index < -0.39 is 0 Å². The van der Waals surface area contributed by atoms with E-state index in [9.17, 15) is 4.79 Å². The van der Waals surface area contributed by atoms with Crippen molar-refractivity contribution < 1.29 is 4.79 Å². The third kappa shape index (κ3) is 9.31. The second kappa shape index (κ2) is 13.2. The lowest BCUT2D eigenvalue weighted by Gasteiger charge is -2.21. The van der Waals surface area contributed by atoms with Gasteiger partial charge in [-0.1, -0.05) is 44.2 Å². The van der Waals surface area contributed by atoms with Crippen molar-refractivity contribution in [2.45, 2.75) is 51.5 Å². The number of likely N-dealkylation sites (N-methyl/N-ethyl adjacent to an activating group) is 1. The van der Waals surface area contributed by atoms with Gasteiger partial charge in [0.15, 0.2) is 5.96 Å². The molecule has 1 saturated carbocycles. The number of aliphatic imine (C=N–C) groups is 1. The zero-order valence-corrected chi connectivity index (χ0v) is 18.5. The summed E-state index contributed by atoms with van der Waals surface area (Å²) in [6, 6.07) is 7.75. The average molecular weight is 402 g/mol. The van der Waals surface area contributed by atoms with Crippen molar-refractivity contribution in [1.29, 1.82) is 0 Å². The van der Waals surface area contributed by atoms with E-state index in [1.165, 1.54) is 44.9 Å². The standard InChI is InChI=1S/C23H39N5O/c1-24-23(26-14-8-12-19-9-5-4-6-10-19)27-18-20-11-7-13-21(17-20)22(29)25-15-16-28(2)3/h7,11,13,17,19H,4-6,8-10,12,14-16,18H2,1-3H3,(H,25,29)(H2,24,26,27). The molecule has 29 heavy (non-hydrogen) atoms. The minimum Gasteiger partial charge on any atom is -0.356 e. The van der Waals surface area contributed by atoms with E-state index >= 15 is 0 Å². The van der Waals surface area contributed by atoms with Crippen LogP contribution in [-0.4, -0.2) is 57.5 Å². The normalized spacial score (nSPS) is 15.4. The summed E-state index contributed by atoms with van der Waals surface area (Å²) in [6.07, 6.45) is 9.56. The summed E-state index contributed by atoms with van der Waals surface area (Å²) < 4.78 is 0. The summed E-state index contributed by atoms with van der Waals surface area (Å²) in [5.41, 5.74) is 1.76. The van der Waals surface area contributed by atoms with Gasteiger partial charge >= 0.3 is 0 Å². The van der Waals surface area contributed by atoms with Gasteiger partial charge in [0.05, 0.1) is 0 Å². The van der Waals surface area contributed by atoms with Crippen molar-refractivity contribution >= 4 is 11.9 Å². The molecule has 0 unspecified atom stereocenters. The number of nitrogens with one attached hydrogen (secondary N) is 3. The number of amides is 1. The van der Waals surface area contributed by atoms with Gasteiger partial charge in [-0.2, -0.15) is 0 Å². The molecule has 0 radical (unpaired) electrons. The molecule has 6 heteroatoms. The number of guanidine groups is 1. The van der Waals surface area contributed by atoms with Gasteiger partial charge in [-0.25, -0.2) is 0 Å². The van der Waals surface area contributed by atoms with Crippen molar-refractivity contribution in [1.82, 2.24) is 20.9 Å². The maximum Gasteiger partial charge on any atom is 0.251 e. The fraction of sp³-hybridized carbons (Fsp3) is 0.652. The monoisotopic (exact) mass is 401 g/mol. The van der Waals surface area contributed by atoms with Gasteiger partial charge in [0, 0.05) is 38.8 Å². The fourth-order valence-electron chi connectivity index (χ4n) is 3.80. The summed E-state index contributed by atoms with van der Waals surface area (Å²) in [5.74, 6) is 1.71. The quantitative estimate of drug-likeness (QED) is 0.320. The Labute approximate surface area is 176 Å². The SMILES string of the molecule is CN=C(NCCCC1CCCCC1)NCc1cccc(C(=O)NCCN(C)C)c1. The van der Waals surface area contributed by atoms with E-state index in [0.29, 0.717) is 18.7 Å². The summed E-state index contributed by atoms with van der Waals surface area (Å²) in [4.78, 5) is 18.7. The molecule has 1 aliphatic carbocycles. The first-order valence-electron chi connectivity index (χ1n) is 11.0. The second-order valence-electron chi connectivity index (χ2n) is 8.26. The Hall–Kier alpha value is -2.08. The zero-order valence-electron chi connectivity index (χ0n) is 18.5. The zero-order chi connectivity index (χ0) is 20.9. The van der Waals surface area contributed by atoms with Crippen molar-refractivity contribution in [3.8, 4) is 0 Å². The van der Waals surface area contributed by atoms with Crippen LogP contribution in [0.15, 0.2) is 29.3 Å². The van der Waals surface area contributed by atoms with Gasteiger partial charge in [-0.05, 0) is 50.6 Å². The first kappa shape index (κ1) is 23.2. The number of carbonyl (C=O) groups is 1. The van der Waals surface area contributed by atoms with Gasteiger partial charge in [-0.3, -0.25) is 9.79 Å². The van der Waals surface area contributed by atoms with Crippen LogP contribution in [0.25, 0.3) is 0 Å². The lowest BCUT2D eigenvalue weighted by atomic mass is 9.86. The highest BCUT2D eigenvalue weighted by molar-refractivity contribution is 5.94. The topological polar surface area (TPSA) is 68.8 Å². The van der Waals surface area contributed by atoms with Crippen molar-refractivity contribution in [3.63, 3.8) is 0 Å². The molecule has 0 heterocycles. The summed E-state index contributed by atoms with van der Waals surface area (Å²) >= 11 is 0. The number of nitrogens with zero attached hydrogens (tertiary/aromatic N) is 2. The third-order valence-corrected chi connectivity index (χ3v) is 5.52. The molecule has 3 N–H and O–H groups in total. The first-order valence-corrected chi connectivity index (χ1v) is 11.0. The minimum absolute atomic E-state index is 0.0288. The molecular formula is C23H39N5O. The van der Waals surface area contributed by atoms with E-state index in [-0.39, 0.29) is 5.91 Å². The molecule has 0 atom stereocenters. The Bertz CT molecular complexity index is 638. The molecule has 1 amide bonds. The van der Waals surface area contributed by atoms with Crippen LogP contribution < -0.4 is 16.0 Å². The van der Waals surface area contributed by atoms with Crippen molar-refractivity contribution in [2.24, 2.45) is 10.9 Å². The van der Waals surface area contributed by atoms with Crippen LogP contribution in [0.3, 0.4) is 0 Å². The Morgan fingerprint density at radius 1 is 1.10 bits per heavy atom. The largest absolute Gasteiger partial charge is 0.356 e. The van der Waals surface area contributed by atoms with Crippen LogP contribution in [0.5, 0.6) is 0 Å². The molecule has 2 rings (SSSR count). The van der Waals surface area contributed by atoms with Crippen LogP contribution in [0.2, 0.25) is 0 Å². The average Bonchev–Trinajstić information content (AvgIpc) is 2.74. The van der Waals surface area contributed by atoms with Crippen LogP contribution >= 0.6 is 0 Å². The van der Waals surface area contributed by atoms with Crippen molar-refractivity contribution in [2.75, 3.05) is 40.8 Å². The summed E-state index contributed by atoms with van der Waals surface area (Å²) in [6.45, 7) is 3.06. The van der Waals surface area contributed by atoms with E-state index in [0.717, 1.165) is 30.5 Å².